The van der Waals surface area contributed by atoms with Crippen molar-refractivity contribution in [3.05, 3.63) is 71.0 Å². The van der Waals surface area contributed by atoms with Gasteiger partial charge in [0.15, 0.2) is 6.10 Å². The summed E-state index contributed by atoms with van der Waals surface area (Å²) in [6, 6.07) is 14.6. The van der Waals surface area contributed by atoms with Gasteiger partial charge in [0.25, 0.3) is 0 Å². The molecule has 0 saturated carbocycles. The van der Waals surface area contributed by atoms with Crippen molar-refractivity contribution in [3.63, 3.8) is 0 Å². The first kappa shape index (κ1) is 20.1. The van der Waals surface area contributed by atoms with Crippen molar-refractivity contribution >= 4 is 11.6 Å². The molecule has 28 heavy (non-hydrogen) atoms. The molecule has 0 aliphatic carbocycles. The van der Waals surface area contributed by atoms with Crippen LogP contribution < -0.4 is 0 Å². The average molecular weight is 382 g/mol. The van der Waals surface area contributed by atoms with Crippen LogP contribution in [0.4, 0.5) is 4.39 Å². The molecule has 148 valence electrons. The molecular formula is C23H27FN2O2. The number of hydrogen-bond donors (Lipinski definition) is 0. The van der Waals surface area contributed by atoms with Crippen LogP contribution in [0.2, 0.25) is 0 Å². The van der Waals surface area contributed by atoms with E-state index in [4.69, 9.17) is 4.84 Å². The molecule has 2 aromatic rings. The fraction of sp³-hybridized carbons (Fsp3) is 0.391. The Kier molecular flexibility index (Phi) is 6.45. The van der Waals surface area contributed by atoms with Crippen LogP contribution in [0.1, 0.15) is 43.4 Å². The number of hydrogen-bond acceptors (Lipinski definition) is 3. The van der Waals surface area contributed by atoms with Gasteiger partial charge < -0.3 is 9.74 Å². The van der Waals surface area contributed by atoms with Crippen LogP contribution in [-0.2, 0) is 16.2 Å². The molecule has 1 atom stereocenters. The summed E-state index contributed by atoms with van der Waals surface area (Å²) in [5.41, 5.74) is 3.62. The maximum atomic E-state index is 14.1. The molecule has 0 radical (unpaired) electrons. The Hall–Kier alpha value is -2.69. The molecule has 0 saturated heterocycles. The highest BCUT2D eigenvalue weighted by molar-refractivity contribution is 6.02. The minimum Gasteiger partial charge on any atom is -0.390 e. The van der Waals surface area contributed by atoms with Crippen LogP contribution in [0.15, 0.2) is 53.7 Å². The predicted molar refractivity (Wildman–Crippen MR) is 108 cm³/mol. The molecule has 4 nitrogen and oxygen atoms in total. The Morgan fingerprint density at radius 3 is 2.64 bits per heavy atom. The van der Waals surface area contributed by atoms with Gasteiger partial charge in [0.1, 0.15) is 5.82 Å². The van der Waals surface area contributed by atoms with Gasteiger partial charge in [0.2, 0.25) is 5.91 Å². The maximum absolute atomic E-state index is 14.1. The summed E-state index contributed by atoms with van der Waals surface area (Å²) in [6.07, 6.45) is 0.831. The minimum absolute atomic E-state index is 0.00574. The van der Waals surface area contributed by atoms with Crippen LogP contribution in [-0.4, -0.2) is 29.2 Å². The standard InChI is InChI=1S/C23H27FN2O2/c1-16(2)12-23(27)26(14-18-9-5-7-11-21(18)24)15-19-13-22(25-28-19)20-10-6-4-8-17(20)3/h4-11,16,19H,12-15H2,1-3H3/t19-/m1/s1. The van der Waals surface area contributed by atoms with Gasteiger partial charge in [-0.15, -0.1) is 0 Å². The molecule has 0 fully saturated rings. The molecule has 0 bridgehead atoms. The van der Waals surface area contributed by atoms with Gasteiger partial charge in [-0.05, 0) is 24.5 Å². The number of carbonyl (C=O) groups is 1. The van der Waals surface area contributed by atoms with Gasteiger partial charge in [-0.3, -0.25) is 4.79 Å². The van der Waals surface area contributed by atoms with Crippen molar-refractivity contribution < 1.29 is 14.0 Å². The SMILES string of the molecule is Cc1ccccc1C1=NO[C@@H](CN(Cc2ccccc2F)C(=O)CC(C)C)C1. The summed E-state index contributed by atoms with van der Waals surface area (Å²) in [5.74, 6) is -0.0564. The van der Waals surface area contributed by atoms with Crippen molar-refractivity contribution in [1.82, 2.24) is 4.90 Å². The lowest BCUT2D eigenvalue weighted by Gasteiger charge is -2.26. The molecule has 2 aromatic carbocycles. The summed E-state index contributed by atoms with van der Waals surface area (Å²) >= 11 is 0. The Morgan fingerprint density at radius 2 is 1.93 bits per heavy atom. The van der Waals surface area contributed by atoms with Crippen molar-refractivity contribution in [1.29, 1.82) is 0 Å². The molecule has 1 heterocycles. The third kappa shape index (κ3) is 4.97. The second-order valence-corrected chi connectivity index (χ2v) is 7.75. The van der Waals surface area contributed by atoms with Crippen LogP contribution in [0, 0.1) is 18.7 Å². The largest absolute Gasteiger partial charge is 0.390 e. The third-order valence-corrected chi connectivity index (χ3v) is 4.87. The van der Waals surface area contributed by atoms with Gasteiger partial charge in [0, 0.05) is 30.5 Å². The van der Waals surface area contributed by atoms with E-state index in [1.807, 2.05) is 45.0 Å². The number of oxime groups is 1. The molecule has 1 aliphatic heterocycles. The Morgan fingerprint density at radius 1 is 1.21 bits per heavy atom. The number of nitrogens with zero attached hydrogens (tertiary/aromatic N) is 2. The van der Waals surface area contributed by atoms with Crippen LogP contribution in [0.5, 0.6) is 0 Å². The quantitative estimate of drug-likeness (QED) is 0.696. The summed E-state index contributed by atoms with van der Waals surface area (Å²) < 4.78 is 14.1. The van der Waals surface area contributed by atoms with Crippen molar-refractivity contribution in [3.8, 4) is 0 Å². The molecule has 0 aromatic heterocycles. The van der Waals surface area contributed by atoms with Crippen molar-refractivity contribution in [2.75, 3.05) is 6.54 Å². The summed E-state index contributed by atoms with van der Waals surface area (Å²) in [7, 11) is 0. The predicted octanol–water partition coefficient (Wildman–Crippen LogP) is 4.70. The number of benzene rings is 2. The van der Waals surface area contributed by atoms with E-state index in [0.29, 0.717) is 24.9 Å². The van der Waals surface area contributed by atoms with E-state index >= 15 is 0 Å². The normalized spacial score (nSPS) is 16.0. The molecule has 0 N–H and O–H groups in total. The fourth-order valence-corrected chi connectivity index (χ4v) is 3.39. The molecule has 3 rings (SSSR count). The molecule has 1 amide bonds. The fourth-order valence-electron chi connectivity index (χ4n) is 3.39. The number of halogens is 1. The van der Waals surface area contributed by atoms with E-state index in [-0.39, 0.29) is 30.3 Å². The van der Waals surface area contributed by atoms with Gasteiger partial charge in [0.05, 0.1) is 12.3 Å². The first-order valence-electron chi connectivity index (χ1n) is 9.74. The highest BCUT2D eigenvalue weighted by atomic mass is 19.1. The highest BCUT2D eigenvalue weighted by Crippen LogP contribution is 2.22. The van der Waals surface area contributed by atoms with E-state index in [9.17, 15) is 9.18 Å². The van der Waals surface area contributed by atoms with Crippen LogP contribution in [0.25, 0.3) is 0 Å². The van der Waals surface area contributed by atoms with Gasteiger partial charge >= 0.3 is 0 Å². The summed E-state index contributed by atoms with van der Waals surface area (Å²) in [6.45, 7) is 6.67. The molecule has 5 heteroatoms. The lowest BCUT2D eigenvalue weighted by atomic mass is 10.00. The molecule has 0 unspecified atom stereocenters. The van der Waals surface area contributed by atoms with Gasteiger partial charge in [-0.2, -0.15) is 0 Å². The van der Waals surface area contributed by atoms with E-state index < -0.39 is 0 Å². The molecule has 1 aliphatic rings. The topological polar surface area (TPSA) is 41.9 Å². The molecular weight excluding hydrogens is 355 g/mol. The van der Waals surface area contributed by atoms with E-state index in [0.717, 1.165) is 16.8 Å². The summed E-state index contributed by atoms with van der Waals surface area (Å²) in [4.78, 5) is 20.1. The number of aryl methyl sites for hydroxylation is 1. The first-order chi connectivity index (χ1) is 13.4. The number of amides is 1. The first-order valence-corrected chi connectivity index (χ1v) is 9.74. The lowest BCUT2D eigenvalue weighted by Crippen LogP contribution is -2.38. The zero-order valence-electron chi connectivity index (χ0n) is 16.7. The highest BCUT2D eigenvalue weighted by Gasteiger charge is 2.28. The Labute approximate surface area is 166 Å². The van der Waals surface area contributed by atoms with Gasteiger partial charge in [-0.1, -0.05) is 61.5 Å². The van der Waals surface area contributed by atoms with Crippen LogP contribution in [0.3, 0.4) is 0 Å². The minimum atomic E-state index is -0.297. The Bertz CT molecular complexity index is 863. The summed E-state index contributed by atoms with van der Waals surface area (Å²) in [5, 5.41) is 4.25. The number of carbonyl (C=O) groups excluding carboxylic acids is 1. The lowest BCUT2D eigenvalue weighted by molar-refractivity contribution is -0.134. The monoisotopic (exact) mass is 382 g/mol. The maximum Gasteiger partial charge on any atom is 0.223 e. The Balaban J connectivity index is 1.71. The van der Waals surface area contributed by atoms with E-state index in [1.54, 1.807) is 23.1 Å². The zero-order valence-corrected chi connectivity index (χ0v) is 16.7. The van der Waals surface area contributed by atoms with E-state index in [1.165, 1.54) is 6.07 Å². The zero-order chi connectivity index (χ0) is 20.1. The second-order valence-electron chi connectivity index (χ2n) is 7.75. The van der Waals surface area contributed by atoms with Crippen molar-refractivity contribution in [2.24, 2.45) is 11.1 Å². The second kappa shape index (κ2) is 9.00. The third-order valence-electron chi connectivity index (χ3n) is 4.87. The molecule has 0 spiro atoms. The number of rotatable bonds is 7. The average Bonchev–Trinajstić information content (AvgIpc) is 3.11. The van der Waals surface area contributed by atoms with E-state index in [2.05, 4.69) is 5.16 Å². The van der Waals surface area contributed by atoms with Gasteiger partial charge in [-0.25, -0.2) is 4.39 Å². The van der Waals surface area contributed by atoms with Crippen molar-refractivity contribution in [2.45, 2.75) is 46.3 Å². The smallest absolute Gasteiger partial charge is 0.223 e. The van der Waals surface area contributed by atoms with Crippen LogP contribution >= 0.6 is 0 Å².